The summed E-state index contributed by atoms with van der Waals surface area (Å²) in [5.74, 6) is -0.0774. The molecule has 0 bridgehead atoms. The van der Waals surface area contributed by atoms with E-state index in [9.17, 15) is 8.78 Å². The Morgan fingerprint density at radius 3 is 2.57 bits per heavy atom. The highest BCUT2D eigenvalue weighted by atomic mass is 79.9. The fraction of sp³-hybridized carbons (Fsp3) is 0.333. The summed E-state index contributed by atoms with van der Waals surface area (Å²) in [4.78, 5) is 7.35. The lowest BCUT2D eigenvalue weighted by molar-refractivity contribution is -0.0529. The van der Waals surface area contributed by atoms with Gasteiger partial charge in [0.1, 0.15) is 0 Å². The Kier molecular flexibility index (Phi) is 3.81. The summed E-state index contributed by atoms with van der Waals surface area (Å²) >= 11 is 2.85. The number of halogens is 3. The number of nitrogens with zero attached hydrogens (tertiary/aromatic N) is 2. The van der Waals surface area contributed by atoms with Crippen molar-refractivity contribution in [1.82, 2.24) is 9.97 Å². The van der Waals surface area contributed by atoms with E-state index in [-0.39, 0.29) is 17.7 Å². The molecule has 0 aromatic carbocycles. The number of anilines is 1. The van der Waals surface area contributed by atoms with Crippen molar-refractivity contribution in [3.63, 3.8) is 0 Å². The molecule has 0 saturated carbocycles. The highest BCUT2D eigenvalue weighted by Crippen LogP contribution is 2.19. The summed E-state index contributed by atoms with van der Waals surface area (Å²) in [6, 6.07) is 1.15. The Morgan fingerprint density at radius 2 is 2.07 bits per heavy atom. The van der Waals surface area contributed by atoms with Gasteiger partial charge in [0.05, 0.1) is 13.2 Å². The molecule has 0 fully saturated rings. The van der Waals surface area contributed by atoms with Crippen LogP contribution in [-0.4, -0.2) is 23.7 Å². The largest absolute Gasteiger partial charge is 0.481 e. The normalized spacial score (nSPS) is 10.1. The molecule has 1 aromatic heterocycles. The summed E-state index contributed by atoms with van der Waals surface area (Å²) in [6.07, 6.45) is 0. The molecule has 0 aliphatic heterocycles. The third kappa shape index (κ3) is 2.95. The van der Waals surface area contributed by atoms with Crippen molar-refractivity contribution < 1.29 is 18.3 Å². The van der Waals surface area contributed by atoms with E-state index < -0.39 is 6.61 Å². The maximum atomic E-state index is 11.8. The van der Waals surface area contributed by atoms with Crippen molar-refractivity contribution in [2.75, 3.05) is 11.5 Å². The Balaban J connectivity index is 2.92. The van der Waals surface area contributed by atoms with Gasteiger partial charge < -0.3 is 9.47 Å². The molecule has 78 valence electrons. The zero-order valence-electron chi connectivity index (χ0n) is 7.00. The SMILES string of the molecule is COc1cc(OC(F)F)nc(NBr)n1. The van der Waals surface area contributed by atoms with Crippen LogP contribution in [-0.2, 0) is 0 Å². The van der Waals surface area contributed by atoms with E-state index in [0.29, 0.717) is 0 Å². The highest BCUT2D eigenvalue weighted by molar-refractivity contribution is 9.10. The van der Waals surface area contributed by atoms with Crippen LogP contribution >= 0.6 is 16.1 Å². The zero-order valence-corrected chi connectivity index (χ0v) is 8.59. The van der Waals surface area contributed by atoms with Gasteiger partial charge in [-0.25, -0.2) is 0 Å². The number of hydrogen-bond acceptors (Lipinski definition) is 5. The molecule has 5 nitrogen and oxygen atoms in total. The maximum absolute atomic E-state index is 11.8. The first kappa shape index (κ1) is 10.9. The lowest BCUT2D eigenvalue weighted by atomic mass is 10.6. The number of alkyl halides is 2. The van der Waals surface area contributed by atoms with Gasteiger partial charge in [0, 0.05) is 16.1 Å². The van der Waals surface area contributed by atoms with Crippen LogP contribution in [0.4, 0.5) is 14.7 Å². The lowest BCUT2D eigenvalue weighted by Gasteiger charge is -2.06. The number of ether oxygens (including phenoxy) is 2. The Bertz CT molecular complexity index is 291. The van der Waals surface area contributed by atoms with Crippen LogP contribution in [0.3, 0.4) is 0 Å². The summed E-state index contributed by atoms with van der Waals surface area (Å²) in [5, 5.41) is 0. The minimum absolute atomic E-state index is 0.0694. The van der Waals surface area contributed by atoms with Crippen molar-refractivity contribution in [2.45, 2.75) is 6.61 Å². The third-order valence-corrected chi connectivity index (χ3v) is 1.54. The molecule has 14 heavy (non-hydrogen) atoms. The second kappa shape index (κ2) is 4.89. The van der Waals surface area contributed by atoms with Gasteiger partial charge in [0.25, 0.3) is 0 Å². The molecule has 0 amide bonds. The number of methoxy groups -OCH3 is 1. The van der Waals surface area contributed by atoms with Gasteiger partial charge in [-0.15, -0.1) is 0 Å². The van der Waals surface area contributed by atoms with Crippen molar-refractivity contribution in [3.8, 4) is 11.8 Å². The van der Waals surface area contributed by atoms with Crippen LogP contribution < -0.4 is 13.8 Å². The fourth-order valence-corrected chi connectivity index (χ4v) is 0.880. The van der Waals surface area contributed by atoms with Crippen LogP contribution in [0.15, 0.2) is 6.07 Å². The monoisotopic (exact) mass is 269 g/mol. The van der Waals surface area contributed by atoms with Gasteiger partial charge >= 0.3 is 6.61 Å². The van der Waals surface area contributed by atoms with E-state index in [1.165, 1.54) is 7.11 Å². The molecule has 8 heteroatoms. The standard InChI is InChI=1S/C6H6BrF2N3O2/c1-13-3-2-4(14-5(8)9)11-6(10-3)12-7/h2,5H,1H3,(H,10,11,12). The Morgan fingerprint density at radius 1 is 1.43 bits per heavy atom. The van der Waals surface area contributed by atoms with Gasteiger partial charge in [-0.2, -0.15) is 18.7 Å². The summed E-state index contributed by atoms with van der Waals surface area (Å²) < 4.78 is 34.9. The minimum atomic E-state index is -2.93. The molecule has 0 saturated heterocycles. The van der Waals surface area contributed by atoms with E-state index >= 15 is 0 Å². The van der Waals surface area contributed by atoms with Gasteiger partial charge in [-0.3, -0.25) is 4.34 Å². The second-order valence-electron chi connectivity index (χ2n) is 2.05. The van der Waals surface area contributed by atoms with Gasteiger partial charge in [0.15, 0.2) is 0 Å². The molecular weight excluding hydrogens is 264 g/mol. The van der Waals surface area contributed by atoms with E-state index in [1.54, 1.807) is 0 Å². The molecule has 0 aliphatic rings. The average Bonchev–Trinajstić information content (AvgIpc) is 2.16. The van der Waals surface area contributed by atoms with Gasteiger partial charge in [-0.05, 0) is 0 Å². The van der Waals surface area contributed by atoms with E-state index in [2.05, 4.69) is 35.2 Å². The van der Waals surface area contributed by atoms with E-state index in [1.807, 2.05) is 0 Å². The van der Waals surface area contributed by atoms with Crippen LogP contribution in [0.2, 0.25) is 0 Å². The lowest BCUT2D eigenvalue weighted by Crippen LogP contribution is -2.05. The van der Waals surface area contributed by atoms with E-state index in [4.69, 9.17) is 4.74 Å². The topological polar surface area (TPSA) is 56.3 Å². The zero-order chi connectivity index (χ0) is 10.6. The van der Waals surface area contributed by atoms with Crippen molar-refractivity contribution in [2.24, 2.45) is 0 Å². The first-order chi connectivity index (χ1) is 6.65. The predicted octanol–water partition coefficient (Wildman–Crippen LogP) is 1.81. The third-order valence-electron chi connectivity index (χ3n) is 1.18. The molecule has 1 aromatic rings. The van der Waals surface area contributed by atoms with E-state index in [0.717, 1.165) is 6.07 Å². The first-order valence-corrected chi connectivity index (χ1v) is 4.19. The van der Waals surface area contributed by atoms with Crippen LogP contribution in [0.5, 0.6) is 11.8 Å². The molecule has 0 spiro atoms. The molecule has 1 N–H and O–H groups in total. The molecule has 0 unspecified atom stereocenters. The first-order valence-electron chi connectivity index (χ1n) is 3.40. The van der Waals surface area contributed by atoms with Crippen molar-refractivity contribution in [1.29, 1.82) is 0 Å². The Hall–Kier alpha value is -1.18. The summed E-state index contributed by atoms with van der Waals surface area (Å²) in [6.45, 7) is -2.93. The average molecular weight is 270 g/mol. The number of nitrogens with one attached hydrogen (secondary N) is 1. The molecule has 0 atom stereocenters. The van der Waals surface area contributed by atoms with Gasteiger partial charge in [-0.1, -0.05) is 0 Å². The second-order valence-corrected chi connectivity index (χ2v) is 2.44. The maximum Gasteiger partial charge on any atom is 0.388 e. The predicted molar refractivity (Wildman–Crippen MR) is 47.8 cm³/mol. The molecule has 0 aliphatic carbocycles. The van der Waals surface area contributed by atoms with Crippen LogP contribution in [0.1, 0.15) is 0 Å². The quantitative estimate of drug-likeness (QED) is 0.845. The molecule has 0 radical (unpaired) electrons. The van der Waals surface area contributed by atoms with Crippen molar-refractivity contribution in [3.05, 3.63) is 6.07 Å². The number of rotatable bonds is 4. The van der Waals surface area contributed by atoms with Gasteiger partial charge in [0.2, 0.25) is 17.7 Å². The molecular formula is C6H6BrF2N3O2. The summed E-state index contributed by atoms with van der Waals surface area (Å²) in [7, 11) is 1.35. The molecule has 1 rings (SSSR count). The molecule has 1 heterocycles. The van der Waals surface area contributed by atoms with Crippen LogP contribution in [0.25, 0.3) is 0 Å². The number of hydrogen-bond donors (Lipinski definition) is 1. The fourth-order valence-electron chi connectivity index (χ4n) is 0.702. The summed E-state index contributed by atoms with van der Waals surface area (Å²) in [5.41, 5.74) is 0. The minimum Gasteiger partial charge on any atom is -0.481 e. The Labute approximate surface area is 86.8 Å². The number of aromatic nitrogens is 2. The van der Waals surface area contributed by atoms with Crippen LogP contribution in [0, 0.1) is 0 Å². The van der Waals surface area contributed by atoms with Crippen molar-refractivity contribution >= 4 is 22.1 Å². The smallest absolute Gasteiger partial charge is 0.388 e. The highest BCUT2D eigenvalue weighted by Gasteiger charge is 2.09.